The minimum atomic E-state index is -0.324. The van der Waals surface area contributed by atoms with Crippen LogP contribution < -0.4 is 5.46 Å². The number of rotatable bonds is 3. The number of hydrogen-bond donors (Lipinski definition) is 0. The molecule has 2 fully saturated rings. The number of imidazole rings is 1. The summed E-state index contributed by atoms with van der Waals surface area (Å²) in [6.45, 7) is 8.34. The molecule has 1 aliphatic carbocycles. The molecule has 5 heteroatoms. The first-order valence-electron chi connectivity index (χ1n) is 8.35. The van der Waals surface area contributed by atoms with Crippen LogP contribution >= 0.6 is 0 Å². The Balaban J connectivity index is 1.72. The highest BCUT2D eigenvalue weighted by Gasteiger charge is 2.51. The molecule has 0 bridgehead atoms. The van der Waals surface area contributed by atoms with Crippen LogP contribution in [0.1, 0.15) is 52.0 Å². The predicted octanol–water partition coefficient (Wildman–Crippen LogP) is 3.05. The van der Waals surface area contributed by atoms with Crippen LogP contribution in [0.5, 0.6) is 0 Å². The second kappa shape index (κ2) is 4.95. The molecule has 0 N–H and O–H groups in total. The fraction of sp³-hybridized carbons (Fsp3) is 0.500. The molecule has 4 rings (SSSR count). The van der Waals surface area contributed by atoms with Crippen molar-refractivity contribution >= 4 is 12.6 Å². The largest absolute Gasteiger partial charge is 0.494 e. The van der Waals surface area contributed by atoms with Gasteiger partial charge in [-0.2, -0.15) is 0 Å². The molecule has 0 radical (unpaired) electrons. The van der Waals surface area contributed by atoms with Crippen molar-refractivity contribution in [3.8, 4) is 5.69 Å². The van der Waals surface area contributed by atoms with Crippen LogP contribution in [-0.4, -0.2) is 27.9 Å². The normalized spacial score (nSPS) is 22.5. The Bertz CT molecular complexity index is 705. The van der Waals surface area contributed by atoms with Crippen molar-refractivity contribution < 1.29 is 9.31 Å². The summed E-state index contributed by atoms with van der Waals surface area (Å²) in [5.74, 6) is 0.680. The molecule has 1 aromatic carbocycles. The van der Waals surface area contributed by atoms with Crippen molar-refractivity contribution in [3.05, 3.63) is 42.5 Å². The van der Waals surface area contributed by atoms with Gasteiger partial charge >= 0.3 is 7.12 Å². The van der Waals surface area contributed by atoms with Crippen molar-refractivity contribution in [1.29, 1.82) is 0 Å². The van der Waals surface area contributed by atoms with Crippen molar-refractivity contribution in [3.63, 3.8) is 0 Å². The summed E-state index contributed by atoms with van der Waals surface area (Å²) in [7, 11) is -0.324. The van der Waals surface area contributed by atoms with E-state index in [1.165, 1.54) is 24.1 Å². The minimum Gasteiger partial charge on any atom is -0.399 e. The van der Waals surface area contributed by atoms with Crippen molar-refractivity contribution in [1.82, 2.24) is 9.55 Å². The van der Waals surface area contributed by atoms with Gasteiger partial charge < -0.3 is 13.9 Å². The van der Waals surface area contributed by atoms with Crippen LogP contribution in [0, 0.1) is 0 Å². The third-order valence-electron chi connectivity index (χ3n) is 5.38. The molecule has 1 saturated carbocycles. The van der Waals surface area contributed by atoms with Gasteiger partial charge in [-0.1, -0.05) is 12.1 Å². The molecule has 4 nitrogen and oxygen atoms in total. The van der Waals surface area contributed by atoms with Gasteiger partial charge in [-0.25, -0.2) is 4.98 Å². The lowest BCUT2D eigenvalue weighted by atomic mass is 9.78. The SMILES string of the molecule is CC1(C)OB(c2ccc(C3CC3)c(-n3ccnc3)c2)OC1(C)C. The Hall–Kier alpha value is -1.59. The molecule has 0 unspecified atom stereocenters. The first kappa shape index (κ1) is 15.0. The maximum absolute atomic E-state index is 6.19. The van der Waals surface area contributed by atoms with Crippen LogP contribution in [0.3, 0.4) is 0 Å². The summed E-state index contributed by atoms with van der Waals surface area (Å²) in [6.07, 6.45) is 8.22. The fourth-order valence-electron chi connectivity index (χ4n) is 3.05. The second-order valence-electron chi connectivity index (χ2n) is 7.65. The highest BCUT2D eigenvalue weighted by Crippen LogP contribution is 2.43. The number of hydrogen-bond acceptors (Lipinski definition) is 3. The topological polar surface area (TPSA) is 36.3 Å². The summed E-state index contributed by atoms with van der Waals surface area (Å²) in [6, 6.07) is 6.57. The molecule has 2 heterocycles. The van der Waals surface area contributed by atoms with Crippen LogP contribution in [0.15, 0.2) is 36.9 Å². The maximum Gasteiger partial charge on any atom is 0.494 e. The molecule has 2 aromatic rings. The molecular weight excluding hydrogens is 287 g/mol. The molecule has 2 aliphatic rings. The van der Waals surface area contributed by atoms with Gasteiger partial charge in [0, 0.05) is 18.1 Å². The van der Waals surface area contributed by atoms with Gasteiger partial charge in [0.1, 0.15) is 0 Å². The van der Waals surface area contributed by atoms with Gasteiger partial charge in [-0.3, -0.25) is 0 Å². The van der Waals surface area contributed by atoms with Gasteiger partial charge in [0.2, 0.25) is 0 Å². The summed E-state index contributed by atoms with van der Waals surface area (Å²) < 4.78 is 14.5. The van der Waals surface area contributed by atoms with E-state index < -0.39 is 0 Å². The highest BCUT2D eigenvalue weighted by molar-refractivity contribution is 6.62. The summed E-state index contributed by atoms with van der Waals surface area (Å²) in [5, 5.41) is 0. The van der Waals surface area contributed by atoms with E-state index in [1.54, 1.807) is 0 Å². The maximum atomic E-state index is 6.19. The highest BCUT2D eigenvalue weighted by atomic mass is 16.7. The zero-order valence-corrected chi connectivity index (χ0v) is 14.2. The van der Waals surface area contributed by atoms with Crippen LogP contribution in [-0.2, 0) is 9.31 Å². The van der Waals surface area contributed by atoms with Gasteiger partial charge in [0.05, 0.1) is 17.5 Å². The van der Waals surface area contributed by atoms with Gasteiger partial charge in [0.25, 0.3) is 0 Å². The zero-order chi connectivity index (χ0) is 16.2. The van der Waals surface area contributed by atoms with Gasteiger partial charge in [-0.15, -0.1) is 0 Å². The third-order valence-corrected chi connectivity index (χ3v) is 5.38. The number of nitrogens with zero attached hydrogens (tertiary/aromatic N) is 2. The quantitative estimate of drug-likeness (QED) is 0.818. The van der Waals surface area contributed by atoms with E-state index in [0.717, 1.165) is 5.46 Å². The monoisotopic (exact) mass is 310 g/mol. The Morgan fingerprint density at radius 3 is 2.39 bits per heavy atom. The summed E-state index contributed by atoms with van der Waals surface area (Å²) in [4.78, 5) is 4.19. The van der Waals surface area contributed by atoms with Gasteiger partial charge in [-0.05, 0) is 63.5 Å². The second-order valence-corrected chi connectivity index (χ2v) is 7.65. The average Bonchev–Trinajstić information content (AvgIpc) is 3.13. The Kier molecular flexibility index (Phi) is 3.22. The lowest BCUT2D eigenvalue weighted by molar-refractivity contribution is 0.00578. The van der Waals surface area contributed by atoms with E-state index >= 15 is 0 Å². The summed E-state index contributed by atoms with van der Waals surface area (Å²) >= 11 is 0. The first-order chi connectivity index (χ1) is 10.9. The molecule has 0 spiro atoms. The average molecular weight is 310 g/mol. The third kappa shape index (κ3) is 2.52. The van der Waals surface area contributed by atoms with E-state index in [1.807, 2.05) is 18.7 Å². The minimum absolute atomic E-state index is 0.317. The van der Waals surface area contributed by atoms with Crippen LogP contribution in [0.2, 0.25) is 0 Å². The standard InChI is InChI=1S/C18H23BN2O2/c1-17(2)18(3,4)23-19(22-17)14-7-8-15(13-5-6-13)16(11-14)21-10-9-20-12-21/h7-13H,5-6H2,1-4H3. The first-order valence-corrected chi connectivity index (χ1v) is 8.35. The molecule has 23 heavy (non-hydrogen) atoms. The van der Waals surface area contributed by atoms with E-state index in [0.29, 0.717) is 5.92 Å². The Morgan fingerprint density at radius 2 is 1.83 bits per heavy atom. The summed E-state index contributed by atoms with van der Waals surface area (Å²) in [5.41, 5.74) is 3.02. The molecule has 0 atom stereocenters. The molecule has 1 aromatic heterocycles. The van der Waals surface area contributed by atoms with E-state index in [2.05, 4.69) is 55.4 Å². The Morgan fingerprint density at radius 1 is 1.13 bits per heavy atom. The lowest BCUT2D eigenvalue weighted by Crippen LogP contribution is -2.41. The van der Waals surface area contributed by atoms with Crippen molar-refractivity contribution in [2.75, 3.05) is 0 Å². The number of aromatic nitrogens is 2. The van der Waals surface area contributed by atoms with E-state index in [-0.39, 0.29) is 18.3 Å². The smallest absolute Gasteiger partial charge is 0.399 e. The van der Waals surface area contributed by atoms with Gasteiger partial charge in [0.15, 0.2) is 0 Å². The van der Waals surface area contributed by atoms with E-state index in [4.69, 9.17) is 9.31 Å². The number of benzene rings is 1. The van der Waals surface area contributed by atoms with Crippen molar-refractivity contribution in [2.24, 2.45) is 0 Å². The fourth-order valence-corrected chi connectivity index (χ4v) is 3.05. The Labute approximate surface area is 138 Å². The van der Waals surface area contributed by atoms with Crippen molar-refractivity contribution in [2.45, 2.75) is 57.7 Å². The van der Waals surface area contributed by atoms with Crippen LogP contribution in [0.4, 0.5) is 0 Å². The van der Waals surface area contributed by atoms with Crippen LogP contribution in [0.25, 0.3) is 5.69 Å². The molecule has 120 valence electrons. The zero-order valence-electron chi connectivity index (χ0n) is 14.2. The lowest BCUT2D eigenvalue weighted by Gasteiger charge is -2.32. The molecular formula is C18H23BN2O2. The van der Waals surface area contributed by atoms with E-state index in [9.17, 15) is 0 Å². The predicted molar refractivity (Wildman–Crippen MR) is 91.3 cm³/mol. The molecule has 0 amide bonds. The molecule has 1 aliphatic heterocycles. The molecule has 1 saturated heterocycles.